The smallest absolute Gasteiger partial charge is 0.135 e. The van der Waals surface area contributed by atoms with Crippen LogP contribution in [0.15, 0.2) is 18.2 Å². The van der Waals surface area contributed by atoms with E-state index in [2.05, 4.69) is 9.97 Å². The van der Waals surface area contributed by atoms with Crippen molar-refractivity contribution < 1.29 is 9.13 Å². The number of fused-ring (bicyclic) bond motifs is 1. The Morgan fingerprint density at radius 2 is 2.30 bits per heavy atom. The first kappa shape index (κ1) is 13.7. The molecule has 1 aromatic carbocycles. The first-order chi connectivity index (χ1) is 9.65. The van der Waals surface area contributed by atoms with E-state index in [0.29, 0.717) is 40.7 Å². The Hall–Kier alpha value is -1.30. The highest BCUT2D eigenvalue weighted by Gasteiger charge is 2.15. The summed E-state index contributed by atoms with van der Waals surface area (Å²) in [5, 5.41) is 0.396. The van der Waals surface area contributed by atoms with Crippen molar-refractivity contribution in [1.29, 1.82) is 0 Å². The van der Waals surface area contributed by atoms with Gasteiger partial charge in [-0.3, -0.25) is 0 Å². The number of nitrogens with one attached hydrogen (secondary N) is 1. The van der Waals surface area contributed by atoms with Crippen molar-refractivity contribution in [3.05, 3.63) is 56.3 Å². The molecule has 6 heteroatoms. The predicted octanol–water partition coefficient (Wildman–Crippen LogP) is 3.60. The average Bonchev–Trinajstić information content (AvgIpc) is 2.43. The van der Waals surface area contributed by atoms with Gasteiger partial charge in [0.1, 0.15) is 16.3 Å². The van der Waals surface area contributed by atoms with Crippen molar-refractivity contribution in [2.45, 2.75) is 19.4 Å². The van der Waals surface area contributed by atoms with Gasteiger partial charge in [0, 0.05) is 34.7 Å². The van der Waals surface area contributed by atoms with Gasteiger partial charge < -0.3 is 9.72 Å². The number of nitrogens with zero attached hydrogens (tertiary/aromatic N) is 1. The monoisotopic (exact) mass is 310 g/mol. The van der Waals surface area contributed by atoms with Crippen molar-refractivity contribution in [3.63, 3.8) is 0 Å². The van der Waals surface area contributed by atoms with E-state index >= 15 is 0 Å². The molecule has 104 valence electrons. The lowest BCUT2D eigenvalue weighted by Crippen LogP contribution is -2.15. The fourth-order valence-corrected chi connectivity index (χ4v) is 2.78. The zero-order valence-corrected chi connectivity index (χ0v) is 12.2. The molecule has 0 fully saturated rings. The maximum Gasteiger partial charge on any atom is 0.135 e. The summed E-state index contributed by atoms with van der Waals surface area (Å²) in [5.74, 6) is 0.294. The number of halogens is 2. The highest BCUT2D eigenvalue weighted by molar-refractivity contribution is 7.71. The Labute approximate surface area is 125 Å². The number of benzene rings is 1. The summed E-state index contributed by atoms with van der Waals surface area (Å²) in [7, 11) is 0. The third-order valence-corrected chi connectivity index (χ3v) is 3.99. The minimum Gasteiger partial charge on any atom is -0.376 e. The van der Waals surface area contributed by atoms with Crippen molar-refractivity contribution in [1.82, 2.24) is 9.97 Å². The molecule has 3 nitrogen and oxygen atoms in total. The molecule has 20 heavy (non-hydrogen) atoms. The van der Waals surface area contributed by atoms with E-state index in [-0.39, 0.29) is 5.82 Å². The maximum absolute atomic E-state index is 13.8. The van der Waals surface area contributed by atoms with Crippen LogP contribution in [0.2, 0.25) is 5.02 Å². The normalized spacial score (nSPS) is 14.1. The second-order valence-corrected chi connectivity index (χ2v) is 5.42. The van der Waals surface area contributed by atoms with E-state index in [1.807, 2.05) is 0 Å². The molecule has 1 aromatic heterocycles. The fourth-order valence-electron chi connectivity index (χ4n) is 2.26. The molecule has 0 amide bonds. The van der Waals surface area contributed by atoms with Crippen LogP contribution in [-0.4, -0.2) is 16.6 Å². The minimum absolute atomic E-state index is 0.295. The molecular weight excluding hydrogens is 299 g/mol. The number of rotatable bonds is 2. The molecule has 1 aliphatic heterocycles. The molecule has 0 atom stereocenters. The first-order valence-corrected chi connectivity index (χ1v) is 7.05. The van der Waals surface area contributed by atoms with Gasteiger partial charge in [0.15, 0.2) is 0 Å². The van der Waals surface area contributed by atoms with Crippen LogP contribution in [0.3, 0.4) is 0 Å². The number of aromatic amines is 1. The summed E-state index contributed by atoms with van der Waals surface area (Å²) in [6, 6.07) is 4.64. The van der Waals surface area contributed by atoms with Crippen LogP contribution in [-0.2, 0) is 24.2 Å². The molecule has 1 aliphatic rings. The number of H-pyrrole nitrogens is 1. The molecular formula is C14H12ClFN2OS. The summed E-state index contributed by atoms with van der Waals surface area (Å²) in [4.78, 5) is 7.54. The third kappa shape index (κ3) is 2.61. The lowest BCUT2D eigenvalue weighted by molar-refractivity contribution is 0.108. The fraction of sp³-hybridized carbons (Fsp3) is 0.286. The highest BCUT2D eigenvalue weighted by atomic mass is 35.5. The Morgan fingerprint density at radius 3 is 3.10 bits per heavy atom. The quantitative estimate of drug-likeness (QED) is 0.861. The summed E-state index contributed by atoms with van der Waals surface area (Å²) in [6.07, 6.45) is 1.06. The van der Waals surface area contributed by atoms with E-state index in [4.69, 9.17) is 28.6 Å². The summed E-state index contributed by atoms with van der Waals surface area (Å²) >= 11 is 11.3. The third-order valence-electron chi connectivity index (χ3n) is 3.30. The van der Waals surface area contributed by atoms with E-state index in [0.717, 1.165) is 17.7 Å². The number of ether oxygens (including phenoxy) is 1. The largest absolute Gasteiger partial charge is 0.376 e. The van der Waals surface area contributed by atoms with Crippen LogP contribution in [0.4, 0.5) is 4.39 Å². The van der Waals surface area contributed by atoms with E-state index in [1.54, 1.807) is 12.1 Å². The Balaban J connectivity index is 2.00. The zero-order chi connectivity index (χ0) is 14.1. The highest BCUT2D eigenvalue weighted by Crippen LogP contribution is 2.22. The molecule has 0 aliphatic carbocycles. The molecule has 0 radical (unpaired) electrons. The molecule has 1 N–H and O–H groups in total. The van der Waals surface area contributed by atoms with Gasteiger partial charge in [-0.25, -0.2) is 9.37 Å². The number of hydrogen-bond donors (Lipinski definition) is 1. The Morgan fingerprint density at radius 1 is 1.45 bits per heavy atom. The van der Waals surface area contributed by atoms with Gasteiger partial charge in [0.05, 0.1) is 13.2 Å². The van der Waals surface area contributed by atoms with Crippen LogP contribution < -0.4 is 0 Å². The summed E-state index contributed by atoms with van der Waals surface area (Å²) in [5.41, 5.74) is 2.38. The molecule has 0 unspecified atom stereocenters. The minimum atomic E-state index is -0.334. The molecule has 0 bridgehead atoms. The molecule has 2 aromatic rings. The van der Waals surface area contributed by atoms with Crippen LogP contribution >= 0.6 is 23.8 Å². The van der Waals surface area contributed by atoms with Crippen molar-refractivity contribution >= 4 is 23.8 Å². The van der Waals surface area contributed by atoms with Crippen LogP contribution in [0.5, 0.6) is 0 Å². The Kier molecular flexibility index (Phi) is 3.83. The van der Waals surface area contributed by atoms with Gasteiger partial charge in [0.25, 0.3) is 0 Å². The van der Waals surface area contributed by atoms with Gasteiger partial charge in [-0.1, -0.05) is 29.9 Å². The van der Waals surface area contributed by atoms with E-state index in [1.165, 1.54) is 6.07 Å². The van der Waals surface area contributed by atoms with E-state index < -0.39 is 0 Å². The van der Waals surface area contributed by atoms with Gasteiger partial charge in [-0.15, -0.1) is 0 Å². The van der Waals surface area contributed by atoms with Crippen LogP contribution in [0, 0.1) is 10.5 Å². The van der Waals surface area contributed by atoms with Gasteiger partial charge in [-0.2, -0.15) is 0 Å². The maximum atomic E-state index is 13.8. The summed E-state index contributed by atoms with van der Waals surface area (Å²) in [6.45, 7) is 1.14. The average molecular weight is 311 g/mol. The zero-order valence-electron chi connectivity index (χ0n) is 10.6. The predicted molar refractivity (Wildman–Crippen MR) is 77.0 cm³/mol. The number of hydrogen-bond acceptors (Lipinski definition) is 3. The second-order valence-electron chi connectivity index (χ2n) is 4.63. The lowest BCUT2D eigenvalue weighted by Gasteiger charge is -2.17. The lowest BCUT2D eigenvalue weighted by atomic mass is 10.1. The van der Waals surface area contributed by atoms with Crippen molar-refractivity contribution in [2.75, 3.05) is 6.61 Å². The van der Waals surface area contributed by atoms with Gasteiger partial charge >= 0.3 is 0 Å². The van der Waals surface area contributed by atoms with Crippen molar-refractivity contribution in [3.8, 4) is 0 Å². The summed E-state index contributed by atoms with van der Waals surface area (Å²) < 4.78 is 19.7. The van der Waals surface area contributed by atoms with Crippen LogP contribution in [0.1, 0.15) is 22.6 Å². The van der Waals surface area contributed by atoms with Gasteiger partial charge in [-0.05, 0) is 12.1 Å². The van der Waals surface area contributed by atoms with Crippen LogP contribution in [0.25, 0.3) is 0 Å². The molecule has 3 rings (SSSR count). The first-order valence-electron chi connectivity index (χ1n) is 6.26. The molecule has 0 saturated heterocycles. The molecule has 0 spiro atoms. The van der Waals surface area contributed by atoms with Crippen molar-refractivity contribution in [2.24, 2.45) is 0 Å². The second kappa shape index (κ2) is 5.60. The molecule has 2 heterocycles. The van der Waals surface area contributed by atoms with E-state index in [9.17, 15) is 4.39 Å². The standard InChI is InChI=1S/C14H12ClFN2OS/c15-10-2-1-3-11(16)8(10)6-13-17-12-4-5-19-7-9(12)14(20)18-13/h1-3H,4-7H2,(H,17,18,20). The van der Waals surface area contributed by atoms with Gasteiger partial charge in [0.2, 0.25) is 0 Å². The SMILES string of the molecule is Fc1cccc(Cl)c1Cc1nc(=S)c2c([nH]1)CCOC2. The molecule has 0 saturated carbocycles. The topological polar surface area (TPSA) is 37.9 Å². The Bertz CT molecular complexity index is 697. The number of aromatic nitrogens is 2.